The maximum atomic E-state index is 10.8. The van der Waals surface area contributed by atoms with Crippen LogP contribution in [0.3, 0.4) is 0 Å². The smallest absolute Gasteiger partial charge is 0.330 e. The minimum absolute atomic E-state index is 0.179. The van der Waals surface area contributed by atoms with Crippen LogP contribution in [0.2, 0.25) is 0 Å². The summed E-state index contributed by atoms with van der Waals surface area (Å²) in [4.78, 5) is 10.8. The van der Waals surface area contributed by atoms with Gasteiger partial charge in [0.25, 0.3) is 0 Å². The van der Waals surface area contributed by atoms with Crippen molar-refractivity contribution in [2.24, 2.45) is 0 Å². The highest BCUT2D eigenvalue weighted by Crippen LogP contribution is 2.22. The molecule has 1 aromatic rings. The standard InChI is InChI=1S/C14H18O4/c1-4-13(15)18-10-9-17-12-7-5-11(6-8-12)14(2,3)16/h4-8,16H,1,9-10H2,2-3H3. The topological polar surface area (TPSA) is 55.8 Å². The van der Waals surface area contributed by atoms with Gasteiger partial charge >= 0.3 is 5.97 Å². The van der Waals surface area contributed by atoms with Crippen LogP contribution in [0.5, 0.6) is 5.75 Å². The Hall–Kier alpha value is -1.81. The fourth-order valence-electron chi connectivity index (χ4n) is 1.32. The Morgan fingerprint density at radius 3 is 2.44 bits per heavy atom. The predicted octanol–water partition coefficient (Wildman–Crippen LogP) is 2.02. The van der Waals surface area contributed by atoms with E-state index in [1.54, 1.807) is 38.1 Å². The fraction of sp³-hybridized carbons (Fsp3) is 0.357. The highest BCUT2D eigenvalue weighted by atomic mass is 16.6. The molecule has 4 heteroatoms. The second-order valence-corrected chi connectivity index (χ2v) is 4.30. The molecule has 0 radical (unpaired) electrons. The van der Waals surface area contributed by atoms with E-state index in [0.717, 1.165) is 11.6 Å². The summed E-state index contributed by atoms with van der Waals surface area (Å²) in [6, 6.07) is 7.13. The van der Waals surface area contributed by atoms with Gasteiger partial charge in [0.1, 0.15) is 19.0 Å². The van der Waals surface area contributed by atoms with Crippen LogP contribution in [-0.4, -0.2) is 24.3 Å². The van der Waals surface area contributed by atoms with Crippen LogP contribution < -0.4 is 4.74 Å². The maximum absolute atomic E-state index is 10.8. The van der Waals surface area contributed by atoms with E-state index >= 15 is 0 Å². The molecule has 0 aromatic heterocycles. The van der Waals surface area contributed by atoms with Crippen molar-refractivity contribution < 1.29 is 19.4 Å². The van der Waals surface area contributed by atoms with Crippen molar-refractivity contribution in [3.8, 4) is 5.75 Å². The number of aliphatic hydroxyl groups is 1. The number of carbonyl (C=O) groups excluding carboxylic acids is 1. The molecule has 0 atom stereocenters. The van der Waals surface area contributed by atoms with E-state index in [1.807, 2.05) is 0 Å². The number of hydrogen-bond donors (Lipinski definition) is 1. The van der Waals surface area contributed by atoms with Crippen molar-refractivity contribution in [2.75, 3.05) is 13.2 Å². The number of esters is 1. The SMILES string of the molecule is C=CC(=O)OCCOc1ccc(C(C)(C)O)cc1. The normalized spacial score (nSPS) is 10.8. The van der Waals surface area contributed by atoms with E-state index < -0.39 is 11.6 Å². The molecular weight excluding hydrogens is 232 g/mol. The van der Waals surface area contributed by atoms with E-state index in [1.165, 1.54) is 0 Å². The van der Waals surface area contributed by atoms with Crippen LogP contribution >= 0.6 is 0 Å². The molecule has 0 unspecified atom stereocenters. The molecule has 0 saturated carbocycles. The Balaban J connectivity index is 2.40. The molecular formula is C14H18O4. The lowest BCUT2D eigenvalue weighted by molar-refractivity contribution is -0.138. The summed E-state index contributed by atoms with van der Waals surface area (Å²) in [5.41, 5.74) is -0.0502. The van der Waals surface area contributed by atoms with E-state index in [2.05, 4.69) is 6.58 Å². The van der Waals surface area contributed by atoms with Crippen LogP contribution in [-0.2, 0) is 15.1 Å². The summed E-state index contributed by atoms with van der Waals surface area (Å²) >= 11 is 0. The number of hydrogen-bond acceptors (Lipinski definition) is 4. The van der Waals surface area contributed by atoms with E-state index in [9.17, 15) is 9.90 Å². The average molecular weight is 250 g/mol. The first-order valence-electron chi connectivity index (χ1n) is 5.68. The first-order valence-corrected chi connectivity index (χ1v) is 5.68. The molecule has 0 amide bonds. The monoisotopic (exact) mass is 250 g/mol. The largest absolute Gasteiger partial charge is 0.490 e. The fourth-order valence-corrected chi connectivity index (χ4v) is 1.32. The lowest BCUT2D eigenvalue weighted by Gasteiger charge is -2.17. The Kier molecular flexibility index (Phi) is 4.92. The molecule has 0 fully saturated rings. The molecule has 1 aromatic carbocycles. The summed E-state index contributed by atoms with van der Waals surface area (Å²) in [6.07, 6.45) is 1.11. The Labute approximate surface area is 107 Å². The van der Waals surface area contributed by atoms with Crippen molar-refractivity contribution in [3.05, 3.63) is 42.5 Å². The summed E-state index contributed by atoms with van der Waals surface area (Å²) in [7, 11) is 0. The van der Waals surface area contributed by atoms with Crippen molar-refractivity contribution in [1.82, 2.24) is 0 Å². The van der Waals surface area contributed by atoms with Crippen LogP contribution in [0.25, 0.3) is 0 Å². The van der Waals surface area contributed by atoms with Gasteiger partial charge in [0.15, 0.2) is 0 Å². The molecule has 0 saturated heterocycles. The molecule has 0 bridgehead atoms. The van der Waals surface area contributed by atoms with E-state index in [4.69, 9.17) is 9.47 Å². The van der Waals surface area contributed by atoms with Gasteiger partial charge in [-0.2, -0.15) is 0 Å². The first-order chi connectivity index (χ1) is 8.43. The molecule has 0 aliphatic heterocycles. The molecule has 0 aliphatic carbocycles. The highest BCUT2D eigenvalue weighted by Gasteiger charge is 2.15. The third-order valence-electron chi connectivity index (χ3n) is 2.32. The van der Waals surface area contributed by atoms with Gasteiger partial charge in [0.05, 0.1) is 5.60 Å². The Morgan fingerprint density at radius 2 is 1.94 bits per heavy atom. The van der Waals surface area contributed by atoms with Crippen molar-refractivity contribution in [2.45, 2.75) is 19.4 Å². The van der Waals surface area contributed by atoms with E-state index in [-0.39, 0.29) is 13.2 Å². The molecule has 98 valence electrons. The lowest BCUT2D eigenvalue weighted by atomic mass is 9.99. The van der Waals surface area contributed by atoms with Crippen molar-refractivity contribution in [3.63, 3.8) is 0 Å². The van der Waals surface area contributed by atoms with Gasteiger partial charge in [-0.15, -0.1) is 0 Å². The summed E-state index contributed by atoms with van der Waals surface area (Å²) < 4.78 is 10.1. The van der Waals surface area contributed by atoms with E-state index in [0.29, 0.717) is 5.75 Å². The highest BCUT2D eigenvalue weighted by molar-refractivity contribution is 5.81. The average Bonchev–Trinajstić information content (AvgIpc) is 2.33. The zero-order chi connectivity index (χ0) is 13.6. The number of benzene rings is 1. The van der Waals surface area contributed by atoms with Gasteiger partial charge in [0, 0.05) is 6.08 Å². The van der Waals surface area contributed by atoms with Gasteiger partial charge in [-0.05, 0) is 31.5 Å². The third kappa shape index (κ3) is 4.59. The molecule has 1 rings (SSSR count). The first kappa shape index (κ1) is 14.3. The Morgan fingerprint density at radius 1 is 1.33 bits per heavy atom. The zero-order valence-electron chi connectivity index (χ0n) is 10.7. The Bertz CT molecular complexity index is 401. The summed E-state index contributed by atoms with van der Waals surface area (Å²) in [5.74, 6) is 0.202. The van der Waals surface area contributed by atoms with Gasteiger partial charge < -0.3 is 14.6 Å². The molecule has 0 heterocycles. The van der Waals surface area contributed by atoms with Crippen LogP contribution in [0.1, 0.15) is 19.4 Å². The van der Waals surface area contributed by atoms with Crippen LogP contribution in [0.15, 0.2) is 36.9 Å². The summed E-state index contributed by atoms with van der Waals surface area (Å²) in [5, 5.41) is 9.77. The predicted molar refractivity (Wildman–Crippen MR) is 68.3 cm³/mol. The minimum Gasteiger partial charge on any atom is -0.490 e. The lowest BCUT2D eigenvalue weighted by Crippen LogP contribution is -2.15. The second kappa shape index (κ2) is 6.21. The van der Waals surface area contributed by atoms with Crippen molar-refractivity contribution in [1.29, 1.82) is 0 Å². The number of rotatable bonds is 6. The molecule has 4 nitrogen and oxygen atoms in total. The molecule has 18 heavy (non-hydrogen) atoms. The van der Waals surface area contributed by atoms with Gasteiger partial charge in [-0.3, -0.25) is 0 Å². The molecule has 0 spiro atoms. The molecule has 0 aliphatic rings. The summed E-state index contributed by atoms with van der Waals surface area (Å²) in [6.45, 7) is 7.19. The number of carbonyl (C=O) groups is 1. The quantitative estimate of drug-likeness (QED) is 0.477. The van der Waals surface area contributed by atoms with Crippen LogP contribution in [0, 0.1) is 0 Å². The van der Waals surface area contributed by atoms with Gasteiger partial charge in [-0.25, -0.2) is 4.79 Å². The minimum atomic E-state index is -0.863. The van der Waals surface area contributed by atoms with Crippen LogP contribution in [0.4, 0.5) is 0 Å². The number of ether oxygens (including phenoxy) is 2. The van der Waals surface area contributed by atoms with Gasteiger partial charge in [-0.1, -0.05) is 18.7 Å². The zero-order valence-corrected chi connectivity index (χ0v) is 10.7. The maximum Gasteiger partial charge on any atom is 0.330 e. The second-order valence-electron chi connectivity index (χ2n) is 4.30. The molecule has 1 N–H and O–H groups in total. The third-order valence-corrected chi connectivity index (χ3v) is 2.32. The van der Waals surface area contributed by atoms with Gasteiger partial charge in [0.2, 0.25) is 0 Å². The van der Waals surface area contributed by atoms with Crippen molar-refractivity contribution >= 4 is 5.97 Å².